The van der Waals surface area contributed by atoms with E-state index in [1.807, 2.05) is 72.8 Å². The molecule has 0 aliphatic rings. The van der Waals surface area contributed by atoms with Gasteiger partial charge in [-0.15, -0.1) is 0 Å². The molecule has 10 aromatic rings. The Balaban J connectivity index is 1.15. The predicted molar refractivity (Wildman–Crippen MR) is 195 cm³/mol. The molecule has 0 saturated carbocycles. The third-order valence-corrected chi connectivity index (χ3v) is 9.24. The third kappa shape index (κ3) is 4.15. The minimum atomic E-state index is 0.634. The Morgan fingerprint density at radius 1 is 0.396 bits per heavy atom. The molecule has 5 nitrogen and oxygen atoms in total. The van der Waals surface area contributed by atoms with Crippen molar-refractivity contribution in [3.8, 4) is 39.9 Å². The molecule has 10 rings (SSSR count). The van der Waals surface area contributed by atoms with Gasteiger partial charge in [0.15, 0.2) is 17.5 Å². The maximum absolute atomic E-state index is 6.45. The van der Waals surface area contributed by atoms with Crippen LogP contribution in [-0.2, 0) is 0 Å². The second kappa shape index (κ2) is 10.5. The third-order valence-electron chi connectivity index (χ3n) is 9.24. The largest absolute Gasteiger partial charge is 0.455 e. The van der Waals surface area contributed by atoms with Crippen molar-refractivity contribution in [2.45, 2.75) is 0 Å². The molecule has 0 aliphatic carbocycles. The number of aromatic nitrogens is 4. The Morgan fingerprint density at radius 3 is 1.67 bits per heavy atom. The monoisotopic (exact) mass is 614 g/mol. The highest BCUT2D eigenvalue weighted by Gasteiger charge is 2.17. The smallest absolute Gasteiger partial charge is 0.164 e. The first kappa shape index (κ1) is 26.6. The van der Waals surface area contributed by atoms with Crippen LogP contribution in [0.3, 0.4) is 0 Å². The van der Waals surface area contributed by atoms with Gasteiger partial charge in [-0.3, -0.25) is 0 Å². The van der Waals surface area contributed by atoms with Gasteiger partial charge in [0.1, 0.15) is 11.2 Å². The lowest BCUT2D eigenvalue weighted by molar-refractivity contribution is 0.672. The minimum absolute atomic E-state index is 0.634. The van der Waals surface area contributed by atoms with E-state index in [1.54, 1.807) is 0 Å². The summed E-state index contributed by atoms with van der Waals surface area (Å²) in [5.74, 6) is 1.93. The maximum atomic E-state index is 6.45. The number of benzene rings is 7. The molecule has 0 N–H and O–H groups in total. The molecular weight excluding hydrogens is 589 g/mol. The van der Waals surface area contributed by atoms with Crippen molar-refractivity contribution in [3.05, 3.63) is 158 Å². The molecule has 224 valence electrons. The van der Waals surface area contributed by atoms with Crippen molar-refractivity contribution in [1.29, 1.82) is 0 Å². The van der Waals surface area contributed by atoms with E-state index in [1.165, 1.54) is 10.8 Å². The van der Waals surface area contributed by atoms with E-state index in [4.69, 9.17) is 19.4 Å². The van der Waals surface area contributed by atoms with Gasteiger partial charge < -0.3 is 8.98 Å². The second-order valence-corrected chi connectivity index (χ2v) is 12.1. The van der Waals surface area contributed by atoms with Gasteiger partial charge in [-0.05, 0) is 60.0 Å². The maximum Gasteiger partial charge on any atom is 0.164 e. The van der Waals surface area contributed by atoms with E-state index in [2.05, 4.69) is 89.5 Å². The van der Waals surface area contributed by atoms with Crippen molar-refractivity contribution < 1.29 is 4.42 Å². The summed E-state index contributed by atoms with van der Waals surface area (Å²) in [4.78, 5) is 14.7. The summed E-state index contributed by atoms with van der Waals surface area (Å²) in [6, 6.07) is 54.5. The first-order valence-corrected chi connectivity index (χ1v) is 16.0. The predicted octanol–water partition coefficient (Wildman–Crippen LogP) is 11.0. The number of hydrogen-bond acceptors (Lipinski definition) is 4. The van der Waals surface area contributed by atoms with Crippen molar-refractivity contribution in [2.24, 2.45) is 0 Å². The lowest BCUT2D eigenvalue weighted by atomic mass is 10.0. The standard InChI is InChI=1S/C43H26N4O/c1-3-11-27(12-4-1)41-44-42(28-13-5-2-6-14-28)46-43(45-41)29-19-22-31(23-20-29)47-37-17-9-7-15-32(37)36-25-30-21-24-34-33-16-8-10-18-39(33)48-40(34)35(30)26-38(36)47/h1-26H. The zero-order valence-corrected chi connectivity index (χ0v) is 25.7. The van der Waals surface area contributed by atoms with Crippen LogP contribution in [0.2, 0.25) is 0 Å². The lowest BCUT2D eigenvalue weighted by Gasteiger charge is -2.11. The SMILES string of the molecule is c1ccc(-c2nc(-c3ccccc3)nc(-c3ccc(-n4c5ccccc5c5cc6ccc7c8ccccc8oc7c6cc54)cc3)n2)cc1. The van der Waals surface area contributed by atoms with E-state index in [-0.39, 0.29) is 0 Å². The van der Waals surface area contributed by atoms with E-state index in [9.17, 15) is 0 Å². The molecule has 0 spiro atoms. The molecule has 0 unspecified atom stereocenters. The van der Waals surface area contributed by atoms with Crippen LogP contribution in [-0.4, -0.2) is 19.5 Å². The molecule has 0 saturated heterocycles. The van der Waals surface area contributed by atoms with Crippen molar-refractivity contribution >= 4 is 54.5 Å². The van der Waals surface area contributed by atoms with E-state index >= 15 is 0 Å². The van der Waals surface area contributed by atoms with Gasteiger partial charge in [0.25, 0.3) is 0 Å². The summed E-state index contributed by atoms with van der Waals surface area (Å²) in [7, 11) is 0. The molecule has 3 heterocycles. The molecule has 7 aromatic carbocycles. The second-order valence-electron chi connectivity index (χ2n) is 12.1. The summed E-state index contributed by atoms with van der Waals surface area (Å²) >= 11 is 0. The first-order chi connectivity index (χ1) is 23.8. The highest BCUT2D eigenvalue weighted by Crippen LogP contribution is 2.39. The van der Waals surface area contributed by atoms with Gasteiger partial charge >= 0.3 is 0 Å². The number of furan rings is 1. The zero-order valence-electron chi connectivity index (χ0n) is 25.7. The van der Waals surface area contributed by atoms with Crippen LogP contribution >= 0.6 is 0 Å². The average molecular weight is 615 g/mol. The molecule has 0 fully saturated rings. The van der Waals surface area contributed by atoms with Crippen molar-refractivity contribution in [3.63, 3.8) is 0 Å². The van der Waals surface area contributed by atoms with Gasteiger partial charge in [0.2, 0.25) is 0 Å². The molecule has 3 aromatic heterocycles. The summed E-state index contributed by atoms with van der Waals surface area (Å²) < 4.78 is 8.79. The Bertz CT molecular complexity index is 2760. The number of fused-ring (bicyclic) bond motifs is 8. The van der Waals surface area contributed by atoms with Crippen LogP contribution in [0.5, 0.6) is 0 Å². The Morgan fingerprint density at radius 2 is 0.979 bits per heavy atom. The number of nitrogens with zero attached hydrogens (tertiary/aromatic N) is 4. The number of hydrogen-bond donors (Lipinski definition) is 0. The van der Waals surface area contributed by atoms with Crippen LogP contribution in [0.15, 0.2) is 162 Å². The Kier molecular flexibility index (Phi) is 5.81. The molecule has 0 bridgehead atoms. The minimum Gasteiger partial charge on any atom is -0.455 e. The normalized spacial score (nSPS) is 11.8. The molecule has 0 aliphatic heterocycles. The van der Waals surface area contributed by atoms with Crippen LogP contribution in [0.25, 0.3) is 94.4 Å². The van der Waals surface area contributed by atoms with E-state index in [0.29, 0.717) is 17.5 Å². The molecule has 0 amide bonds. The van der Waals surface area contributed by atoms with Crippen molar-refractivity contribution in [1.82, 2.24) is 19.5 Å². The van der Waals surface area contributed by atoms with Gasteiger partial charge in [0, 0.05) is 49.3 Å². The van der Waals surface area contributed by atoms with Crippen molar-refractivity contribution in [2.75, 3.05) is 0 Å². The van der Waals surface area contributed by atoms with Crippen LogP contribution < -0.4 is 0 Å². The molecule has 0 atom stereocenters. The Labute approximate surface area is 275 Å². The Hall–Kier alpha value is -6.59. The van der Waals surface area contributed by atoms with Gasteiger partial charge in [-0.25, -0.2) is 15.0 Å². The molecule has 0 radical (unpaired) electrons. The van der Waals surface area contributed by atoms with Gasteiger partial charge in [-0.2, -0.15) is 0 Å². The quantitative estimate of drug-likeness (QED) is 0.198. The van der Waals surface area contributed by atoms with Crippen LogP contribution in [0.1, 0.15) is 0 Å². The fourth-order valence-electron chi connectivity index (χ4n) is 6.95. The van der Waals surface area contributed by atoms with Crippen LogP contribution in [0.4, 0.5) is 0 Å². The zero-order chi connectivity index (χ0) is 31.6. The molecule has 48 heavy (non-hydrogen) atoms. The van der Waals surface area contributed by atoms with Gasteiger partial charge in [0.05, 0.1) is 11.0 Å². The fraction of sp³-hybridized carbons (Fsp3) is 0. The first-order valence-electron chi connectivity index (χ1n) is 16.0. The fourth-order valence-corrected chi connectivity index (χ4v) is 6.95. The average Bonchev–Trinajstić information content (AvgIpc) is 3.70. The molecule has 5 heteroatoms. The lowest BCUT2D eigenvalue weighted by Crippen LogP contribution is -2.00. The van der Waals surface area contributed by atoms with Gasteiger partial charge in [-0.1, -0.05) is 103 Å². The highest BCUT2D eigenvalue weighted by molar-refractivity contribution is 6.20. The summed E-state index contributed by atoms with van der Waals surface area (Å²) in [5.41, 5.74) is 7.97. The highest BCUT2D eigenvalue weighted by atomic mass is 16.3. The summed E-state index contributed by atoms with van der Waals surface area (Å²) in [6.07, 6.45) is 0. The topological polar surface area (TPSA) is 56.7 Å². The summed E-state index contributed by atoms with van der Waals surface area (Å²) in [6.45, 7) is 0. The summed E-state index contributed by atoms with van der Waals surface area (Å²) in [5, 5.41) is 6.94. The van der Waals surface area contributed by atoms with Crippen LogP contribution in [0, 0.1) is 0 Å². The van der Waals surface area contributed by atoms with E-state index in [0.717, 1.165) is 66.1 Å². The van der Waals surface area contributed by atoms with E-state index < -0.39 is 0 Å². The number of para-hydroxylation sites is 2. The molecular formula is C43H26N4O. The number of rotatable bonds is 4.